The summed E-state index contributed by atoms with van der Waals surface area (Å²) in [6, 6.07) is 2.76. The molecule has 1 heterocycles. The monoisotopic (exact) mass is 452 g/mol. The molecule has 1 N–H and O–H groups in total. The number of carbonyl (C=O) groups is 1. The van der Waals surface area contributed by atoms with E-state index in [1.54, 1.807) is 31.0 Å². The van der Waals surface area contributed by atoms with E-state index in [1.165, 1.54) is 0 Å². The lowest BCUT2D eigenvalue weighted by Gasteiger charge is -2.35. The number of aliphatic imine (C=N–C) groups is 1. The fraction of sp³-hybridized carbons (Fsp3) is 0.579. The van der Waals surface area contributed by atoms with Gasteiger partial charge in [-0.15, -0.1) is 0 Å². The fourth-order valence-corrected chi connectivity index (χ4v) is 3.80. The predicted molar refractivity (Wildman–Crippen MR) is 110 cm³/mol. The molecule has 1 fully saturated rings. The third-order valence-corrected chi connectivity index (χ3v) is 5.99. The van der Waals surface area contributed by atoms with Gasteiger partial charge in [0.15, 0.2) is 0 Å². The van der Waals surface area contributed by atoms with Crippen molar-refractivity contribution in [2.24, 2.45) is 4.99 Å². The van der Waals surface area contributed by atoms with E-state index < -0.39 is 12.2 Å². The number of halogens is 5. The molecule has 1 aliphatic rings. The molecule has 2 rings (SSSR count). The average molecular weight is 453 g/mol. The van der Waals surface area contributed by atoms with Crippen LogP contribution in [0.4, 0.5) is 18.0 Å². The number of amides is 2. The van der Waals surface area contributed by atoms with Crippen molar-refractivity contribution < 1.29 is 18.0 Å². The normalized spacial score (nSPS) is 17.5. The highest BCUT2D eigenvalue weighted by Crippen LogP contribution is 2.33. The summed E-state index contributed by atoms with van der Waals surface area (Å²) in [5, 5.41) is 3.24. The molecule has 162 valence electrons. The van der Waals surface area contributed by atoms with Gasteiger partial charge in [-0.1, -0.05) is 35.3 Å². The SMILES string of the molecule is CC(NC(=O)N(C)C1CCN(C)CC1)c1ccc(C/N=C/C(F)(F)F)c(Cl)c1Cl. The summed E-state index contributed by atoms with van der Waals surface area (Å²) in [7, 11) is 3.83. The molecule has 1 aromatic carbocycles. The minimum Gasteiger partial charge on any atom is -0.331 e. The summed E-state index contributed by atoms with van der Waals surface area (Å²) in [6.07, 6.45) is -2.73. The maximum Gasteiger partial charge on any atom is 0.426 e. The maximum absolute atomic E-state index is 12.6. The van der Waals surface area contributed by atoms with Gasteiger partial charge in [-0.05, 0) is 51.0 Å². The van der Waals surface area contributed by atoms with Crippen molar-refractivity contribution in [1.82, 2.24) is 15.1 Å². The summed E-state index contributed by atoms with van der Waals surface area (Å²) in [4.78, 5) is 19.9. The number of piperidine rings is 1. The third-order valence-electron chi connectivity index (χ3n) is 5.05. The second-order valence-corrected chi connectivity index (χ2v) is 8.03. The molecule has 1 saturated heterocycles. The standard InChI is InChI=1S/C19H25Cl2F3N4O/c1-12(26-18(29)28(3)14-6-8-27(2)9-7-14)15-5-4-13(16(20)17(15)21)10-25-11-19(22,23)24/h4-5,11-12,14H,6-10H2,1-3H3,(H,26,29)/b25-11+. The van der Waals surface area contributed by atoms with Crippen LogP contribution in [0.2, 0.25) is 10.0 Å². The molecule has 0 spiro atoms. The van der Waals surface area contributed by atoms with E-state index >= 15 is 0 Å². The summed E-state index contributed by atoms with van der Waals surface area (Å²) >= 11 is 12.5. The highest BCUT2D eigenvalue weighted by Gasteiger charge is 2.26. The highest BCUT2D eigenvalue weighted by molar-refractivity contribution is 6.43. The van der Waals surface area contributed by atoms with Gasteiger partial charge in [-0.3, -0.25) is 4.99 Å². The predicted octanol–water partition coefficient (Wildman–Crippen LogP) is 4.92. The molecule has 2 amide bonds. The first-order valence-electron chi connectivity index (χ1n) is 9.26. The van der Waals surface area contributed by atoms with Gasteiger partial charge >= 0.3 is 12.2 Å². The van der Waals surface area contributed by atoms with Crippen LogP contribution < -0.4 is 5.32 Å². The molecule has 1 aromatic rings. The van der Waals surface area contributed by atoms with E-state index in [2.05, 4.69) is 22.3 Å². The molecular weight excluding hydrogens is 428 g/mol. The molecule has 29 heavy (non-hydrogen) atoms. The number of benzene rings is 1. The van der Waals surface area contributed by atoms with Gasteiger partial charge in [0, 0.05) is 13.1 Å². The van der Waals surface area contributed by atoms with Crippen molar-refractivity contribution in [1.29, 1.82) is 0 Å². The van der Waals surface area contributed by atoms with Crippen LogP contribution in [0.15, 0.2) is 17.1 Å². The number of hydrogen-bond acceptors (Lipinski definition) is 3. The van der Waals surface area contributed by atoms with E-state index in [1.807, 2.05) is 0 Å². The van der Waals surface area contributed by atoms with Crippen molar-refractivity contribution in [2.75, 3.05) is 27.2 Å². The Morgan fingerprint density at radius 3 is 2.55 bits per heavy atom. The van der Waals surface area contributed by atoms with Gasteiger partial charge in [-0.2, -0.15) is 13.2 Å². The second kappa shape index (κ2) is 10.00. The quantitative estimate of drug-likeness (QED) is 0.644. The first-order chi connectivity index (χ1) is 13.5. The lowest BCUT2D eigenvalue weighted by Crippen LogP contribution is -2.48. The van der Waals surface area contributed by atoms with E-state index in [4.69, 9.17) is 23.2 Å². The third kappa shape index (κ3) is 6.76. The van der Waals surface area contributed by atoms with Gasteiger partial charge < -0.3 is 15.1 Å². The summed E-state index contributed by atoms with van der Waals surface area (Å²) in [5.74, 6) is 0. The fourth-order valence-electron chi connectivity index (χ4n) is 3.22. The summed E-state index contributed by atoms with van der Waals surface area (Å²) in [5.41, 5.74) is 0.966. The number of likely N-dealkylation sites (tertiary alicyclic amines) is 1. The van der Waals surface area contributed by atoms with Gasteiger partial charge in [0.05, 0.1) is 22.6 Å². The molecule has 1 aliphatic heterocycles. The first kappa shape index (κ1) is 23.8. The number of urea groups is 1. The first-order valence-corrected chi connectivity index (χ1v) is 10.0. The Kier molecular flexibility index (Phi) is 8.19. The zero-order chi connectivity index (χ0) is 21.8. The number of rotatable bonds is 5. The minimum absolute atomic E-state index is 0.0765. The number of carbonyl (C=O) groups excluding carboxylic acids is 1. The van der Waals surface area contributed by atoms with Crippen LogP contribution >= 0.6 is 23.2 Å². The maximum atomic E-state index is 12.6. The Bertz CT molecular complexity index is 750. The van der Waals surface area contributed by atoms with Crippen LogP contribution in [0, 0.1) is 0 Å². The van der Waals surface area contributed by atoms with Crippen molar-refractivity contribution >= 4 is 35.4 Å². The zero-order valence-corrected chi connectivity index (χ0v) is 18.1. The van der Waals surface area contributed by atoms with E-state index in [0.717, 1.165) is 25.9 Å². The number of hydrogen-bond donors (Lipinski definition) is 1. The Morgan fingerprint density at radius 1 is 1.34 bits per heavy atom. The molecule has 10 heteroatoms. The molecule has 0 aromatic heterocycles. The van der Waals surface area contributed by atoms with Crippen LogP contribution in [0.1, 0.15) is 36.9 Å². The van der Waals surface area contributed by atoms with Crippen molar-refractivity contribution in [3.63, 3.8) is 0 Å². The van der Waals surface area contributed by atoms with Crippen LogP contribution in [0.5, 0.6) is 0 Å². The Balaban J connectivity index is 2.03. The number of nitrogens with zero attached hydrogens (tertiary/aromatic N) is 3. The molecule has 0 saturated carbocycles. The highest BCUT2D eigenvalue weighted by atomic mass is 35.5. The Labute approximate surface area is 178 Å². The Morgan fingerprint density at radius 2 is 1.97 bits per heavy atom. The van der Waals surface area contributed by atoms with E-state index in [9.17, 15) is 18.0 Å². The van der Waals surface area contributed by atoms with Crippen molar-refractivity contribution in [3.05, 3.63) is 33.3 Å². The molecule has 0 aliphatic carbocycles. The van der Waals surface area contributed by atoms with Crippen LogP contribution in [0.25, 0.3) is 0 Å². The lowest BCUT2D eigenvalue weighted by atomic mass is 10.0. The second-order valence-electron chi connectivity index (χ2n) is 7.27. The van der Waals surface area contributed by atoms with Gasteiger partial charge in [0.1, 0.15) is 6.21 Å². The summed E-state index contributed by atoms with van der Waals surface area (Å²) < 4.78 is 36.6. The molecule has 1 unspecified atom stereocenters. The van der Waals surface area contributed by atoms with E-state index in [0.29, 0.717) is 11.1 Å². The van der Waals surface area contributed by atoms with Crippen LogP contribution in [-0.4, -0.2) is 61.4 Å². The number of nitrogens with one attached hydrogen (secondary N) is 1. The van der Waals surface area contributed by atoms with Crippen molar-refractivity contribution in [2.45, 2.75) is 44.6 Å². The van der Waals surface area contributed by atoms with Crippen LogP contribution in [0.3, 0.4) is 0 Å². The molecule has 1 atom stereocenters. The molecule has 5 nitrogen and oxygen atoms in total. The Hall–Kier alpha value is -1.51. The summed E-state index contributed by atoms with van der Waals surface area (Å²) in [6.45, 7) is 3.42. The minimum atomic E-state index is -4.48. The smallest absolute Gasteiger partial charge is 0.331 e. The molecule has 0 radical (unpaired) electrons. The van der Waals surface area contributed by atoms with Crippen LogP contribution in [-0.2, 0) is 6.54 Å². The van der Waals surface area contributed by atoms with E-state index in [-0.39, 0.29) is 34.9 Å². The van der Waals surface area contributed by atoms with Crippen molar-refractivity contribution in [3.8, 4) is 0 Å². The zero-order valence-electron chi connectivity index (χ0n) is 16.6. The van der Waals surface area contributed by atoms with Gasteiger partial charge in [-0.25, -0.2) is 4.79 Å². The van der Waals surface area contributed by atoms with Gasteiger partial charge in [0.25, 0.3) is 0 Å². The average Bonchev–Trinajstić information content (AvgIpc) is 2.64. The largest absolute Gasteiger partial charge is 0.426 e. The molecule has 0 bridgehead atoms. The number of alkyl halides is 3. The van der Waals surface area contributed by atoms with Gasteiger partial charge in [0.2, 0.25) is 0 Å². The topological polar surface area (TPSA) is 47.9 Å². The lowest BCUT2D eigenvalue weighted by molar-refractivity contribution is -0.0537. The molecular formula is C19H25Cl2F3N4O.